The Labute approximate surface area is 99.4 Å². The Morgan fingerprint density at radius 3 is 2.00 bits per heavy atom. The third-order valence-corrected chi connectivity index (χ3v) is 2.49. The summed E-state index contributed by atoms with van der Waals surface area (Å²) < 4.78 is 0. The number of aldehydes is 1. The second-order valence-electron chi connectivity index (χ2n) is 4.01. The molecule has 0 heterocycles. The average molecular weight is 224 g/mol. The van der Waals surface area contributed by atoms with Gasteiger partial charge in [-0.3, -0.25) is 0 Å². The molecule has 0 saturated carbocycles. The first kappa shape index (κ1) is 15.2. The van der Waals surface area contributed by atoms with Crippen LogP contribution in [0.25, 0.3) is 0 Å². The SMILES string of the molecule is O=CCCCCCCCCCC#CCCO. The lowest BCUT2D eigenvalue weighted by Gasteiger charge is -1.98. The molecule has 0 fully saturated rings. The van der Waals surface area contributed by atoms with Crippen LogP contribution >= 0.6 is 0 Å². The number of unbranched alkanes of at least 4 members (excludes halogenated alkanes) is 8. The van der Waals surface area contributed by atoms with Gasteiger partial charge >= 0.3 is 0 Å². The van der Waals surface area contributed by atoms with Gasteiger partial charge in [-0.1, -0.05) is 32.1 Å². The molecule has 0 radical (unpaired) electrons. The van der Waals surface area contributed by atoms with E-state index in [4.69, 9.17) is 5.11 Å². The summed E-state index contributed by atoms with van der Waals surface area (Å²) in [6.45, 7) is 0.174. The van der Waals surface area contributed by atoms with Crippen LogP contribution in [0.2, 0.25) is 0 Å². The molecule has 16 heavy (non-hydrogen) atoms. The minimum Gasteiger partial charge on any atom is -0.395 e. The Balaban J connectivity index is 2.99. The van der Waals surface area contributed by atoms with Crippen molar-refractivity contribution in [1.29, 1.82) is 0 Å². The molecule has 0 atom stereocenters. The Morgan fingerprint density at radius 2 is 1.38 bits per heavy atom. The molecule has 0 aromatic rings. The molecule has 0 aliphatic rings. The van der Waals surface area contributed by atoms with E-state index >= 15 is 0 Å². The zero-order chi connectivity index (χ0) is 11.9. The number of carbonyl (C=O) groups excluding carboxylic acids is 1. The van der Waals surface area contributed by atoms with Gasteiger partial charge < -0.3 is 9.90 Å². The van der Waals surface area contributed by atoms with Crippen LogP contribution in [0, 0.1) is 11.8 Å². The van der Waals surface area contributed by atoms with Crippen LogP contribution in [0.15, 0.2) is 0 Å². The Morgan fingerprint density at radius 1 is 0.812 bits per heavy atom. The van der Waals surface area contributed by atoms with Crippen molar-refractivity contribution in [3.63, 3.8) is 0 Å². The standard InChI is InChI=1S/C14H24O2/c15-13-11-9-7-5-3-1-2-4-6-8-10-12-14-16/h13,16H,1-7,9,11-12,14H2. The van der Waals surface area contributed by atoms with E-state index in [0.717, 1.165) is 25.5 Å². The number of carbonyl (C=O) groups is 1. The molecule has 2 heteroatoms. The summed E-state index contributed by atoms with van der Waals surface area (Å²) in [6.07, 6.45) is 11.8. The molecule has 0 rings (SSSR count). The minimum absolute atomic E-state index is 0.174. The van der Waals surface area contributed by atoms with Gasteiger partial charge in [-0.05, 0) is 12.8 Å². The van der Waals surface area contributed by atoms with Crippen molar-refractivity contribution in [3.8, 4) is 11.8 Å². The number of aliphatic hydroxyl groups excluding tert-OH is 1. The summed E-state index contributed by atoms with van der Waals surface area (Å²) in [7, 11) is 0. The van der Waals surface area contributed by atoms with E-state index in [0.29, 0.717) is 6.42 Å². The first-order valence-electron chi connectivity index (χ1n) is 6.42. The van der Waals surface area contributed by atoms with Crippen LogP contribution in [-0.4, -0.2) is 18.0 Å². The molecule has 0 amide bonds. The number of aliphatic hydroxyl groups is 1. The highest BCUT2D eigenvalue weighted by Crippen LogP contribution is 2.08. The van der Waals surface area contributed by atoms with Gasteiger partial charge in [-0.25, -0.2) is 0 Å². The van der Waals surface area contributed by atoms with Crippen LogP contribution in [0.5, 0.6) is 0 Å². The lowest BCUT2D eigenvalue weighted by molar-refractivity contribution is -0.107. The smallest absolute Gasteiger partial charge is 0.119 e. The summed E-state index contributed by atoms with van der Waals surface area (Å²) in [4.78, 5) is 10.1. The van der Waals surface area contributed by atoms with E-state index in [1.165, 1.54) is 38.5 Å². The highest BCUT2D eigenvalue weighted by atomic mass is 16.2. The quantitative estimate of drug-likeness (QED) is 0.352. The Hall–Kier alpha value is -0.810. The molecule has 1 N–H and O–H groups in total. The fraction of sp³-hybridized carbons (Fsp3) is 0.786. The van der Waals surface area contributed by atoms with Gasteiger partial charge in [-0.15, -0.1) is 11.8 Å². The van der Waals surface area contributed by atoms with E-state index in [2.05, 4.69) is 11.8 Å². The summed E-state index contributed by atoms with van der Waals surface area (Å²) in [5.41, 5.74) is 0. The fourth-order valence-corrected chi connectivity index (χ4v) is 1.56. The summed E-state index contributed by atoms with van der Waals surface area (Å²) in [6, 6.07) is 0. The van der Waals surface area contributed by atoms with Crippen molar-refractivity contribution >= 4 is 6.29 Å². The topological polar surface area (TPSA) is 37.3 Å². The molecule has 0 aromatic heterocycles. The molecule has 2 nitrogen and oxygen atoms in total. The van der Waals surface area contributed by atoms with Crippen molar-refractivity contribution in [2.45, 2.75) is 64.2 Å². The molecular weight excluding hydrogens is 200 g/mol. The maximum atomic E-state index is 10.1. The van der Waals surface area contributed by atoms with E-state index in [1.54, 1.807) is 0 Å². The van der Waals surface area contributed by atoms with Crippen molar-refractivity contribution in [2.75, 3.05) is 6.61 Å². The normalized spacial score (nSPS) is 9.56. The lowest BCUT2D eigenvalue weighted by Crippen LogP contribution is -1.82. The Kier molecular flexibility index (Phi) is 13.5. The van der Waals surface area contributed by atoms with Crippen LogP contribution < -0.4 is 0 Å². The van der Waals surface area contributed by atoms with Crippen LogP contribution in [0.1, 0.15) is 64.2 Å². The largest absolute Gasteiger partial charge is 0.395 e. The fourth-order valence-electron chi connectivity index (χ4n) is 1.56. The third-order valence-electron chi connectivity index (χ3n) is 2.49. The van der Waals surface area contributed by atoms with E-state index in [-0.39, 0.29) is 6.61 Å². The van der Waals surface area contributed by atoms with Gasteiger partial charge in [0.05, 0.1) is 6.61 Å². The molecule has 0 aliphatic heterocycles. The molecule has 0 saturated heterocycles. The monoisotopic (exact) mass is 224 g/mol. The first-order chi connectivity index (χ1) is 7.91. The van der Waals surface area contributed by atoms with Gasteiger partial charge in [0.2, 0.25) is 0 Å². The zero-order valence-corrected chi connectivity index (χ0v) is 10.2. The van der Waals surface area contributed by atoms with Crippen molar-refractivity contribution in [3.05, 3.63) is 0 Å². The predicted octanol–water partition coefficient (Wildman–Crippen LogP) is 3.08. The van der Waals surface area contributed by atoms with Crippen LogP contribution in [-0.2, 0) is 4.79 Å². The van der Waals surface area contributed by atoms with Gasteiger partial charge in [0, 0.05) is 19.3 Å². The van der Waals surface area contributed by atoms with Crippen molar-refractivity contribution in [2.24, 2.45) is 0 Å². The van der Waals surface area contributed by atoms with Gasteiger partial charge in [0.1, 0.15) is 6.29 Å². The minimum atomic E-state index is 0.174. The van der Waals surface area contributed by atoms with Crippen molar-refractivity contribution < 1.29 is 9.90 Å². The van der Waals surface area contributed by atoms with E-state index < -0.39 is 0 Å². The maximum Gasteiger partial charge on any atom is 0.119 e. The summed E-state index contributed by atoms with van der Waals surface area (Å²) >= 11 is 0. The van der Waals surface area contributed by atoms with Gasteiger partial charge in [0.15, 0.2) is 0 Å². The Bertz CT molecular complexity index is 201. The lowest BCUT2D eigenvalue weighted by atomic mass is 10.1. The number of rotatable bonds is 10. The average Bonchev–Trinajstić information content (AvgIpc) is 2.31. The molecule has 0 aliphatic carbocycles. The number of hydrogen-bond donors (Lipinski definition) is 1. The third kappa shape index (κ3) is 13.2. The highest BCUT2D eigenvalue weighted by Gasteiger charge is 1.90. The molecule has 0 bridgehead atoms. The van der Waals surface area contributed by atoms with E-state index in [9.17, 15) is 4.79 Å². The van der Waals surface area contributed by atoms with Gasteiger partial charge in [0.25, 0.3) is 0 Å². The van der Waals surface area contributed by atoms with E-state index in [1.807, 2.05) is 0 Å². The summed E-state index contributed by atoms with van der Waals surface area (Å²) in [5.74, 6) is 5.98. The molecule has 0 unspecified atom stereocenters. The van der Waals surface area contributed by atoms with Crippen molar-refractivity contribution in [1.82, 2.24) is 0 Å². The second-order valence-corrected chi connectivity index (χ2v) is 4.01. The highest BCUT2D eigenvalue weighted by molar-refractivity contribution is 5.48. The molecular formula is C14H24O2. The van der Waals surface area contributed by atoms with Crippen LogP contribution in [0.4, 0.5) is 0 Å². The van der Waals surface area contributed by atoms with Gasteiger partial charge in [-0.2, -0.15) is 0 Å². The summed E-state index contributed by atoms with van der Waals surface area (Å²) in [5, 5.41) is 8.50. The number of hydrogen-bond acceptors (Lipinski definition) is 2. The molecule has 0 spiro atoms. The second kappa shape index (κ2) is 14.2. The van der Waals surface area contributed by atoms with Crippen LogP contribution in [0.3, 0.4) is 0 Å². The zero-order valence-electron chi connectivity index (χ0n) is 10.2. The predicted molar refractivity (Wildman–Crippen MR) is 67.1 cm³/mol. The molecule has 0 aromatic carbocycles. The molecule has 92 valence electrons. The first-order valence-corrected chi connectivity index (χ1v) is 6.42. The maximum absolute atomic E-state index is 10.1.